The average Bonchev–Trinajstić information content (AvgIpc) is 3.26. The van der Waals surface area contributed by atoms with Crippen LogP contribution in [0.4, 0.5) is 13.2 Å². The maximum Gasteiger partial charge on any atom is 0.353 e. The number of hydrogen-bond donors (Lipinski definition) is 4. The number of aliphatic hydroxyl groups is 1. The van der Waals surface area contributed by atoms with E-state index in [1.54, 1.807) is 11.8 Å². The molecule has 0 unspecified atom stereocenters. The van der Waals surface area contributed by atoms with Gasteiger partial charge >= 0.3 is 5.97 Å². The van der Waals surface area contributed by atoms with E-state index < -0.39 is 63.6 Å². The second-order valence-electron chi connectivity index (χ2n) is 9.58. The average molecular weight is 565 g/mol. The van der Waals surface area contributed by atoms with E-state index >= 15 is 0 Å². The van der Waals surface area contributed by atoms with Crippen molar-refractivity contribution in [3.63, 3.8) is 0 Å². The van der Waals surface area contributed by atoms with Crippen molar-refractivity contribution in [2.24, 2.45) is 17.0 Å². The Hall–Kier alpha value is -2.17. The van der Waals surface area contributed by atoms with Crippen LogP contribution < -0.4 is 9.86 Å². The number of hydrogen-bond acceptors (Lipinski definition) is 7. The molecule has 6 atom stereocenters. The van der Waals surface area contributed by atoms with Gasteiger partial charge in [0.05, 0.1) is 18.1 Å². The number of nitrogens with two attached hydrogens (primary N) is 1. The number of thioether (sulfide) groups is 1. The summed E-state index contributed by atoms with van der Waals surface area (Å²) in [5.74, 6) is -6.34. The lowest BCUT2D eigenvalue weighted by atomic mass is 9.79. The lowest BCUT2D eigenvalue weighted by Gasteiger charge is -2.46. The van der Waals surface area contributed by atoms with Gasteiger partial charge in [-0.3, -0.25) is 9.69 Å². The minimum absolute atomic E-state index is 0.126. The van der Waals surface area contributed by atoms with Gasteiger partial charge in [0, 0.05) is 53.4 Å². The van der Waals surface area contributed by atoms with Crippen LogP contribution in [0.25, 0.3) is 0 Å². The molecule has 0 radical (unpaired) electrons. The highest BCUT2D eigenvalue weighted by Gasteiger charge is 2.60. The smallest absolute Gasteiger partial charge is 0.353 e. The van der Waals surface area contributed by atoms with Gasteiger partial charge in [0.25, 0.3) is 10.2 Å². The van der Waals surface area contributed by atoms with Gasteiger partial charge < -0.3 is 15.1 Å². The maximum atomic E-state index is 14.3. The van der Waals surface area contributed by atoms with E-state index in [4.69, 9.17) is 5.14 Å². The van der Waals surface area contributed by atoms with Crippen LogP contribution in [-0.4, -0.2) is 76.8 Å². The Balaban J connectivity index is 1.58. The molecule has 1 aromatic rings. The van der Waals surface area contributed by atoms with Crippen LogP contribution in [0.1, 0.15) is 25.8 Å². The molecule has 2 saturated heterocycles. The number of amides is 1. The summed E-state index contributed by atoms with van der Waals surface area (Å²) in [6, 6.07) is 0.174. The van der Waals surface area contributed by atoms with Crippen molar-refractivity contribution in [3.05, 3.63) is 45.8 Å². The van der Waals surface area contributed by atoms with Crippen LogP contribution in [0.2, 0.25) is 0 Å². The minimum Gasteiger partial charge on any atom is -0.477 e. The minimum atomic E-state index is -4.05. The van der Waals surface area contributed by atoms with E-state index in [1.165, 1.54) is 23.6 Å². The Kier molecular flexibility index (Phi) is 7.67. The molecule has 0 bridgehead atoms. The maximum absolute atomic E-state index is 14.3. The summed E-state index contributed by atoms with van der Waals surface area (Å²) in [5, 5.41) is 24.6. The third-order valence-corrected chi connectivity index (χ3v) is 9.14. The number of fused-ring (bicyclic) bond motifs is 1. The number of aliphatic hydroxyl groups excluding tert-OH is 1. The Morgan fingerprint density at radius 2 is 1.92 bits per heavy atom. The van der Waals surface area contributed by atoms with Gasteiger partial charge in [0.1, 0.15) is 11.5 Å². The normalized spacial score (nSPS) is 29.0. The molecule has 204 valence electrons. The molecule has 0 aromatic heterocycles. The Morgan fingerprint density at radius 3 is 2.51 bits per heavy atom. The number of halogens is 3. The number of nitrogens with zero attached hydrogens (tertiary/aromatic N) is 2. The fourth-order valence-corrected chi connectivity index (χ4v) is 7.42. The molecule has 1 amide bonds. The van der Waals surface area contributed by atoms with Crippen molar-refractivity contribution in [3.8, 4) is 0 Å². The van der Waals surface area contributed by atoms with Crippen molar-refractivity contribution in [1.82, 2.24) is 14.5 Å². The number of aliphatic carboxylic acids is 1. The van der Waals surface area contributed by atoms with Crippen molar-refractivity contribution in [2.75, 3.05) is 13.1 Å². The van der Waals surface area contributed by atoms with Gasteiger partial charge in [-0.25, -0.2) is 27.8 Å². The summed E-state index contributed by atoms with van der Waals surface area (Å²) in [7, 11) is -4.05. The van der Waals surface area contributed by atoms with Crippen molar-refractivity contribution in [1.29, 1.82) is 0 Å². The zero-order valence-corrected chi connectivity index (χ0v) is 21.5. The second-order valence-corrected chi connectivity index (χ2v) is 12.3. The summed E-state index contributed by atoms with van der Waals surface area (Å²) in [6.07, 6.45) is -0.614. The topological polar surface area (TPSA) is 153 Å². The van der Waals surface area contributed by atoms with Crippen LogP contribution in [0, 0.1) is 29.3 Å². The summed E-state index contributed by atoms with van der Waals surface area (Å²) in [5.41, 5.74) is -0.270. The molecule has 2 fully saturated rings. The summed E-state index contributed by atoms with van der Waals surface area (Å²) in [4.78, 5) is 28.0. The molecular formula is C22H27F3N4O6S2. The van der Waals surface area contributed by atoms with Crippen molar-refractivity contribution < 1.29 is 41.4 Å². The van der Waals surface area contributed by atoms with Gasteiger partial charge in [-0.05, 0) is 19.4 Å². The molecule has 4 rings (SSSR count). The number of carboxylic acids is 1. The van der Waals surface area contributed by atoms with Crippen LogP contribution >= 0.6 is 11.8 Å². The van der Waals surface area contributed by atoms with E-state index in [-0.39, 0.29) is 42.1 Å². The largest absolute Gasteiger partial charge is 0.477 e. The summed E-state index contributed by atoms with van der Waals surface area (Å²) < 4.78 is 66.6. The molecule has 0 aliphatic carbocycles. The lowest BCUT2D eigenvalue weighted by molar-refractivity contribution is -0.163. The third kappa shape index (κ3) is 5.38. The van der Waals surface area contributed by atoms with E-state index in [2.05, 4.69) is 4.72 Å². The van der Waals surface area contributed by atoms with Gasteiger partial charge in [-0.2, -0.15) is 8.42 Å². The molecule has 1 aromatic carbocycles. The fraction of sp³-hybridized carbons (Fsp3) is 0.545. The zero-order chi connectivity index (χ0) is 27.4. The predicted molar refractivity (Wildman–Crippen MR) is 127 cm³/mol. The molecule has 0 spiro atoms. The molecule has 0 saturated carbocycles. The van der Waals surface area contributed by atoms with E-state index in [0.29, 0.717) is 17.4 Å². The monoisotopic (exact) mass is 564 g/mol. The zero-order valence-electron chi connectivity index (χ0n) is 19.9. The lowest BCUT2D eigenvalue weighted by Crippen LogP contribution is -2.63. The van der Waals surface area contributed by atoms with E-state index in [0.717, 1.165) is 6.07 Å². The molecular weight excluding hydrogens is 537 g/mol. The number of likely N-dealkylation sites (tertiary alicyclic amines) is 1. The first-order valence-corrected chi connectivity index (χ1v) is 13.9. The van der Waals surface area contributed by atoms with Crippen LogP contribution in [0.5, 0.6) is 0 Å². The van der Waals surface area contributed by atoms with Crippen molar-refractivity contribution >= 4 is 33.8 Å². The van der Waals surface area contributed by atoms with Gasteiger partial charge in [0.15, 0.2) is 11.6 Å². The van der Waals surface area contributed by atoms with E-state index in [1.807, 2.05) is 0 Å². The molecule has 10 nitrogen and oxygen atoms in total. The number of carbonyl (C=O) groups excluding carboxylic acids is 1. The van der Waals surface area contributed by atoms with Gasteiger partial charge in [-0.1, -0.05) is 6.92 Å². The molecule has 3 aliphatic heterocycles. The van der Waals surface area contributed by atoms with Gasteiger partial charge in [-0.15, -0.1) is 11.8 Å². The molecule has 15 heteroatoms. The first-order chi connectivity index (χ1) is 17.2. The molecule has 5 N–H and O–H groups in total. The van der Waals surface area contributed by atoms with E-state index in [9.17, 15) is 41.4 Å². The predicted octanol–water partition coefficient (Wildman–Crippen LogP) is 0.727. The van der Waals surface area contributed by atoms with Crippen LogP contribution in [-0.2, 0) is 26.3 Å². The second kappa shape index (κ2) is 10.2. The number of rotatable bonds is 9. The molecule has 37 heavy (non-hydrogen) atoms. The standard InChI is InChI=1S/C22H27F3N4O6S2/c1-9-18-17(10(2)30)21(31)29(18)19(22(32)33)20(9)36-13-4-12(6-27-37(26,34)35)28(8-13)7-11-3-15(24)16(25)5-14(11)23/h3,5,9-10,12-13,17-18,27,30H,4,6-8H2,1-2H3,(H,32,33)(H2,26,34,35)/t9-,10-,12+,13+,17-,18-/m1/s1. The fourth-order valence-electron chi connectivity index (χ4n) is 5.40. The number of carboxylic acid groups (broad SMARTS) is 1. The highest BCUT2D eigenvalue weighted by molar-refractivity contribution is 8.03. The molecule has 3 heterocycles. The van der Waals surface area contributed by atoms with Gasteiger partial charge in [0.2, 0.25) is 5.91 Å². The third-order valence-electron chi connectivity index (χ3n) is 7.08. The number of nitrogens with one attached hydrogen (secondary N) is 1. The SMILES string of the molecule is C[C@@H](O)[C@H]1C(=O)N2C(C(=O)O)=C(S[C@H]3C[C@@H](CNS(N)(=O)=O)N(Cc4cc(F)c(F)cc4F)C3)[C@H](C)[C@H]12. The van der Waals surface area contributed by atoms with Crippen molar-refractivity contribution in [2.45, 2.75) is 50.3 Å². The highest BCUT2D eigenvalue weighted by Crippen LogP contribution is 2.52. The summed E-state index contributed by atoms with van der Waals surface area (Å²) >= 11 is 1.23. The highest BCUT2D eigenvalue weighted by atomic mass is 32.2. The number of benzene rings is 1. The molecule has 3 aliphatic rings. The first kappa shape index (κ1) is 27.9. The number of carbonyl (C=O) groups is 2. The van der Waals surface area contributed by atoms with Crippen LogP contribution in [0.3, 0.4) is 0 Å². The Labute approximate surface area is 215 Å². The van der Waals surface area contributed by atoms with Crippen LogP contribution in [0.15, 0.2) is 22.7 Å². The first-order valence-electron chi connectivity index (χ1n) is 11.5. The quantitative estimate of drug-likeness (QED) is 0.253. The Morgan fingerprint density at radius 1 is 1.27 bits per heavy atom. The summed E-state index contributed by atoms with van der Waals surface area (Å²) in [6.45, 7) is 3.20. The Bertz CT molecular complexity index is 1260. The number of β-lactam (4-membered cyclic amide) rings is 1.